The smallest absolute Gasteiger partial charge is 0.123 e. The quantitative estimate of drug-likeness (QED) is 0.897. The second kappa shape index (κ2) is 7.14. The van der Waals surface area contributed by atoms with Crippen LogP contribution in [0.4, 0.5) is 4.39 Å². The minimum absolute atomic E-state index is 0.217. The van der Waals surface area contributed by atoms with Crippen molar-refractivity contribution < 1.29 is 9.13 Å². The van der Waals surface area contributed by atoms with Crippen LogP contribution in [-0.2, 0) is 6.54 Å². The fourth-order valence-electron chi connectivity index (χ4n) is 4.50. The van der Waals surface area contributed by atoms with Gasteiger partial charge >= 0.3 is 0 Å². The molecule has 0 amide bonds. The van der Waals surface area contributed by atoms with Crippen molar-refractivity contribution >= 4 is 0 Å². The van der Waals surface area contributed by atoms with E-state index in [4.69, 9.17) is 4.74 Å². The first kappa shape index (κ1) is 16.6. The molecule has 0 aliphatic carbocycles. The van der Waals surface area contributed by atoms with Crippen molar-refractivity contribution in [2.75, 3.05) is 20.2 Å². The zero-order valence-electron chi connectivity index (χ0n) is 14.6. The van der Waals surface area contributed by atoms with E-state index in [2.05, 4.69) is 40.5 Å². The van der Waals surface area contributed by atoms with Gasteiger partial charge in [-0.25, -0.2) is 4.39 Å². The van der Waals surface area contributed by atoms with Crippen LogP contribution in [0.5, 0.6) is 5.75 Å². The first-order chi connectivity index (χ1) is 12.3. The third-order valence-electron chi connectivity index (χ3n) is 5.73. The van der Waals surface area contributed by atoms with Gasteiger partial charge in [0.15, 0.2) is 0 Å². The van der Waals surface area contributed by atoms with Crippen LogP contribution in [0.3, 0.4) is 0 Å². The van der Waals surface area contributed by atoms with E-state index in [0.717, 1.165) is 11.3 Å². The molecular formula is C21H25FN2O. The Kier molecular flexibility index (Phi) is 4.73. The Labute approximate surface area is 148 Å². The minimum Gasteiger partial charge on any atom is -0.496 e. The highest BCUT2D eigenvalue weighted by molar-refractivity contribution is 5.34. The fourth-order valence-corrected chi connectivity index (χ4v) is 4.50. The molecule has 0 saturated carbocycles. The number of halogens is 1. The largest absolute Gasteiger partial charge is 0.496 e. The van der Waals surface area contributed by atoms with Crippen LogP contribution in [0.1, 0.15) is 30.0 Å². The average Bonchev–Trinajstić information content (AvgIpc) is 2.67. The highest BCUT2D eigenvalue weighted by atomic mass is 19.1. The Morgan fingerprint density at radius 1 is 1.12 bits per heavy atom. The fraction of sp³-hybridized carbons (Fsp3) is 0.429. The molecule has 2 unspecified atom stereocenters. The number of nitrogens with zero attached hydrogens (tertiary/aromatic N) is 1. The van der Waals surface area contributed by atoms with E-state index in [1.54, 1.807) is 19.2 Å². The number of methoxy groups -OCH3 is 1. The maximum Gasteiger partial charge on any atom is 0.123 e. The number of rotatable bonds is 5. The zero-order chi connectivity index (χ0) is 17.2. The summed E-state index contributed by atoms with van der Waals surface area (Å²) in [7, 11) is 1.64. The maximum atomic E-state index is 13.6. The number of fused-ring (bicyclic) bond motifs is 3. The Morgan fingerprint density at radius 3 is 2.60 bits per heavy atom. The van der Waals surface area contributed by atoms with Crippen LogP contribution in [0.15, 0.2) is 48.5 Å². The van der Waals surface area contributed by atoms with Crippen LogP contribution in [0.2, 0.25) is 0 Å². The van der Waals surface area contributed by atoms with E-state index < -0.39 is 0 Å². The second-order valence-corrected chi connectivity index (χ2v) is 7.09. The monoisotopic (exact) mass is 340 g/mol. The number of ether oxygens (including phenoxy) is 1. The van der Waals surface area contributed by atoms with Crippen molar-refractivity contribution in [3.05, 3.63) is 65.5 Å². The van der Waals surface area contributed by atoms with Crippen molar-refractivity contribution in [3.63, 3.8) is 0 Å². The summed E-state index contributed by atoms with van der Waals surface area (Å²) in [6.07, 6.45) is 2.47. The summed E-state index contributed by atoms with van der Waals surface area (Å²) in [5, 5.41) is 3.73. The van der Waals surface area contributed by atoms with E-state index >= 15 is 0 Å². The lowest BCUT2D eigenvalue weighted by Crippen LogP contribution is -2.57. The number of hydrogen-bond donors (Lipinski definition) is 1. The van der Waals surface area contributed by atoms with Crippen molar-refractivity contribution in [1.29, 1.82) is 0 Å². The molecule has 2 bridgehead atoms. The Hall–Kier alpha value is -1.91. The zero-order valence-corrected chi connectivity index (χ0v) is 14.6. The van der Waals surface area contributed by atoms with Gasteiger partial charge in [-0.2, -0.15) is 0 Å². The number of nitrogens with one attached hydrogen (secondary N) is 1. The van der Waals surface area contributed by atoms with Gasteiger partial charge in [-0.1, -0.05) is 30.3 Å². The first-order valence-corrected chi connectivity index (χ1v) is 9.11. The molecule has 0 aromatic heterocycles. The molecule has 4 heteroatoms. The topological polar surface area (TPSA) is 24.5 Å². The van der Waals surface area contributed by atoms with Gasteiger partial charge in [0.25, 0.3) is 0 Å². The van der Waals surface area contributed by atoms with Gasteiger partial charge in [0.2, 0.25) is 0 Å². The van der Waals surface area contributed by atoms with Gasteiger partial charge in [0.1, 0.15) is 11.6 Å². The summed E-state index contributed by atoms with van der Waals surface area (Å²) in [5.74, 6) is 1.20. The van der Waals surface area contributed by atoms with Crippen LogP contribution in [0, 0.1) is 11.7 Å². The molecule has 2 aromatic carbocycles. The Morgan fingerprint density at radius 2 is 1.88 bits per heavy atom. The molecular weight excluding hydrogens is 315 g/mol. The molecule has 5 rings (SSSR count). The Balaban J connectivity index is 1.56. The molecule has 0 radical (unpaired) electrons. The van der Waals surface area contributed by atoms with Crippen LogP contribution in [-0.4, -0.2) is 31.1 Å². The van der Waals surface area contributed by atoms with Gasteiger partial charge in [0.05, 0.1) is 13.2 Å². The third kappa shape index (κ3) is 3.29. The average molecular weight is 340 g/mol. The lowest BCUT2D eigenvalue weighted by atomic mass is 9.76. The summed E-state index contributed by atoms with van der Waals surface area (Å²) >= 11 is 0. The molecule has 3 aliphatic heterocycles. The lowest BCUT2D eigenvalue weighted by Gasteiger charge is -2.51. The van der Waals surface area contributed by atoms with Crippen LogP contribution >= 0.6 is 0 Å². The molecule has 3 saturated heterocycles. The number of hydrogen-bond acceptors (Lipinski definition) is 3. The molecule has 3 nitrogen and oxygen atoms in total. The summed E-state index contributed by atoms with van der Waals surface area (Å²) < 4.78 is 19.0. The van der Waals surface area contributed by atoms with Gasteiger partial charge < -0.3 is 10.1 Å². The predicted octanol–water partition coefficient (Wildman–Crippen LogP) is 3.76. The van der Waals surface area contributed by atoms with Crippen molar-refractivity contribution in [2.45, 2.75) is 31.5 Å². The number of benzene rings is 2. The molecule has 2 aromatic rings. The molecule has 132 valence electrons. The number of piperidine rings is 3. The second-order valence-electron chi connectivity index (χ2n) is 7.09. The molecule has 0 spiro atoms. The lowest BCUT2D eigenvalue weighted by molar-refractivity contribution is 0.0112. The van der Waals surface area contributed by atoms with Gasteiger partial charge in [-0.15, -0.1) is 0 Å². The van der Waals surface area contributed by atoms with Gasteiger partial charge in [0, 0.05) is 18.2 Å². The molecule has 1 N–H and O–H groups in total. The molecule has 2 atom stereocenters. The summed E-state index contributed by atoms with van der Waals surface area (Å²) in [6.45, 7) is 2.97. The molecule has 3 aliphatic rings. The normalized spacial score (nSPS) is 28.1. The summed E-state index contributed by atoms with van der Waals surface area (Å²) in [6, 6.07) is 16.3. The van der Waals surface area contributed by atoms with Crippen molar-refractivity contribution in [3.8, 4) is 5.75 Å². The third-order valence-corrected chi connectivity index (χ3v) is 5.73. The summed E-state index contributed by atoms with van der Waals surface area (Å²) in [4.78, 5) is 2.59. The first-order valence-electron chi connectivity index (χ1n) is 9.11. The van der Waals surface area contributed by atoms with E-state index in [0.29, 0.717) is 24.5 Å². The van der Waals surface area contributed by atoms with E-state index in [9.17, 15) is 4.39 Å². The molecule has 25 heavy (non-hydrogen) atoms. The van der Waals surface area contributed by atoms with Gasteiger partial charge in [-0.05, 0) is 55.6 Å². The van der Waals surface area contributed by atoms with E-state index in [1.165, 1.54) is 37.6 Å². The highest BCUT2D eigenvalue weighted by Gasteiger charge is 2.42. The van der Waals surface area contributed by atoms with Crippen LogP contribution in [0.25, 0.3) is 0 Å². The Bertz CT molecular complexity index is 713. The maximum absolute atomic E-state index is 13.6. The molecule has 3 fully saturated rings. The van der Waals surface area contributed by atoms with Crippen molar-refractivity contribution in [1.82, 2.24) is 10.2 Å². The van der Waals surface area contributed by atoms with E-state index in [-0.39, 0.29) is 5.82 Å². The van der Waals surface area contributed by atoms with Gasteiger partial charge in [-0.3, -0.25) is 4.90 Å². The summed E-state index contributed by atoms with van der Waals surface area (Å²) in [5.41, 5.74) is 2.25. The van der Waals surface area contributed by atoms with Crippen LogP contribution < -0.4 is 10.1 Å². The standard InChI is InChI=1S/C21H25FN2O/c1-25-19-8-7-18(22)13-17(19)14-23-20-15-9-11-24(12-10-15)21(20)16-5-3-2-4-6-16/h2-8,13,15,20-21,23H,9-12,14H2,1H3. The molecule has 3 heterocycles. The minimum atomic E-state index is -0.217. The SMILES string of the molecule is COc1ccc(F)cc1CNC1C2CCN(CC2)C1c1ccccc1. The highest BCUT2D eigenvalue weighted by Crippen LogP contribution is 2.41. The predicted molar refractivity (Wildman–Crippen MR) is 97.1 cm³/mol. The van der Waals surface area contributed by atoms with E-state index in [1.807, 2.05) is 0 Å². The van der Waals surface area contributed by atoms with Crippen molar-refractivity contribution in [2.24, 2.45) is 5.92 Å².